The first-order valence-corrected chi connectivity index (χ1v) is 6.57. The van der Waals surface area contributed by atoms with Gasteiger partial charge in [-0.25, -0.2) is 0 Å². The van der Waals surface area contributed by atoms with Crippen molar-refractivity contribution in [2.45, 2.75) is 58.8 Å². The average Bonchev–Trinajstić information content (AvgIpc) is 2.99. The Hall–Kier alpha value is -0.0400. The molecule has 0 aliphatic heterocycles. The molecule has 1 aliphatic carbocycles. The number of hydrogen-bond donors (Lipinski definition) is 1. The van der Waals surface area contributed by atoms with Crippen molar-refractivity contribution in [2.24, 2.45) is 11.8 Å². The largest absolute Gasteiger partial charge is 0.317 e. The van der Waals surface area contributed by atoms with Gasteiger partial charge in [0, 0.05) is 0 Å². The fourth-order valence-corrected chi connectivity index (χ4v) is 2.13. The van der Waals surface area contributed by atoms with E-state index in [4.69, 9.17) is 0 Å². The van der Waals surface area contributed by atoms with Crippen LogP contribution < -0.4 is 5.32 Å². The van der Waals surface area contributed by atoms with Gasteiger partial charge in [0.05, 0.1) is 0 Å². The van der Waals surface area contributed by atoms with Crippen LogP contribution in [0.5, 0.6) is 0 Å². The van der Waals surface area contributed by atoms with Crippen molar-refractivity contribution in [3.05, 3.63) is 0 Å². The Balaban J connectivity index is 1.90. The molecular weight excluding hydrogens is 170 g/mol. The van der Waals surface area contributed by atoms with Crippen molar-refractivity contribution in [3.63, 3.8) is 0 Å². The SMILES string of the molecule is CCCNCCCC(CC)CC1CC1. The minimum absolute atomic E-state index is 1.02. The second-order valence-electron chi connectivity index (χ2n) is 4.85. The number of hydrogen-bond acceptors (Lipinski definition) is 1. The minimum Gasteiger partial charge on any atom is -0.317 e. The van der Waals surface area contributed by atoms with Crippen LogP contribution in [0.25, 0.3) is 0 Å². The van der Waals surface area contributed by atoms with Crippen molar-refractivity contribution >= 4 is 0 Å². The molecule has 1 unspecified atom stereocenters. The van der Waals surface area contributed by atoms with Gasteiger partial charge in [-0.05, 0) is 50.6 Å². The molecule has 1 aliphatic rings. The molecular formula is C13H27N. The molecule has 0 aromatic rings. The lowest BCUT2D eigenvalue weighted by Gasteiger charge is -2.14. The predicted molar refractivity (Wildman–Crippen MR) is 63.5 cm³/mol. The minimum atomic E-state index is 1.02. The summed E-state index contributed by atoms with van der Waals surface area (Å²) in [5, 5.41) is 3.48. The Morgan fingerprint density at radius 2 is 2.00 bits per heavy atom. The highest BCUT2D eigenvalue weighted by Gasteiger charge is 2.24. The van der Waals surface area contributed by atoms with E-state index in [0.717, 1.165) is 11.8 Å². The van der Waals surface area contributed by atoms with Gasteiger partial charge in [-0.1, -0.05) is 33.1 Å². The molecule has 1 nitrogen and oxygen atoms in total. The van der Waals surface area contributed by atoms with Crippen LogP contribution in [0.3, 0.4) is 0 Å². The summed E-state index contributed by atoms with van der Waals surface area (Å²) >= 11 is 0. The summed E-state index contributed by atoms with van der Waals surface area (Å²) in [6, 6.07) is 0. The quantitative estimate of drug-likeness (QED) is 0.557. The van der Waals surface area contributed by atoms with Gasteiger partial charge in [-0.15, -0.1) is 0 Å². The normalized spacial score (nSPS) is 18.4. The van der Waals surface area contributed by atoms with E-state index in [0.29, 0.717) is 0 Å². The topological polar surface area (TPSA) is 12.0 Å². The zero-order valence-corrected chi connectivity index (χ0v) is 10.0. The summed E-state index contributed by atoms with van der Waals surface area (Å²) in [6.45, 7) is 7.01. The highest BCUT2D eigenvalue weighted by molar-refractivity contribution is 4.76. The van der Waals surface area contributed by atoms with Gasteiger partial charge in [0.2, 0.25) is 0 Å². The summed E-state index contributed by atoms with van der Waals surface area (Å²) in [5.74, 6) is 2.13. The molecule has 1 saturated carbocycles. The third-order valence-electron chi connectivity index (χ3n) is 3.33. The Bertz CT molecular complexity index is 129. The number of nitrogens with one attached hydrogen (secondary N) is 1. The standard InChI is InChI=1S/C13H27N/c1-3-9-14-10-5-6-12(4-2)11-13-7-8-13/h12-14H,3-11H2,1-2H3. The van der Waals surface area contributed by atoms with Crippen LogP contribution in [0, 0.1) is 11.8 Å². The highest BCUT2D eigenvalue weighted by atomic mass is 14.8. The lowest BCUT2D eigenvalue weighted by atomic mass is 9.94. The second kappa shape index (κ2) is 7.28. The van der Waals surface area contributed by atoms with Gasteiger partial charge in [0.1, 0.15) is 0 Å². The van der Waals surface area contributed by atoms with E-state index in [1.807, 2.05) is 0 Å². The molecule has 1 heteroatoms. The third-order valence-corrected chi connectivity index (χ3v) is 3.33. The van der Waals surface area contributed by atoms with Gasteiger partial charge >= 0.3 is 0 Å². The molecule has 0 bridgehead atoms. The molecule has 1 rings (SSSR count). The van der Waals surface area contributed by atoms with Crippen molar-refractivity contribution in [2.75, 3.05) is 13.1 Å². The Labute approximate surface area is 89.7 Å². The highest BCUT2D eigenvalue weighted by Crippen LogP contribution is 2.37. The van der Waals surface area contributed by atoms with E-state index in [-0.39, 0.29) is 0 Å². The molecule has 0 amide bonds. The van der Waals surface area contributed by atoms with Gasteiger partial charge in [0.25, 0.3) is 0 Å². The Morgan fingerprint density at radius 3 is 2.57 bits per heavy atom. The molecule has 0 spiro atoms. The second-order valence-corrected chi connectivity index (χ2v) is 4.85. The Morgan fingerprint density at radius 1 is 1.21 bits per heavy atom. The maximum Gasteiger partial charge on any atom is -0.00488 e. The van der Waals surface area contributed by atoms with Crippen LogP contribution in [0.4, 0.5) is 0 Å². The van der Waals surface area contributed by atoms with Crippen molar-refractivity contribution in [1.29, 1.82) is 0 Å². The molecule has 0 radical (unpaired) electrons. The molecule has 0 aromatic heterocycles. The summed E-state index contributed by atoms with van der Waals surface area (Å²) in [4.78, 5) is 0. The van der Waals surface area contributed by atoms with E-state index in [2.05, 4.69) is 19.2 Å². The zero-order chi connectivity index (χ0) is 10.2. The van der Waals surface area contributed by atoms with E-state index < -0.39 is 0 Å². The molecule has 14 heavy (non-hydrogen) atoms. The van der Waals surface area contributed by atoms with Gasteiger partial charge in [-0.2, -0.15) is 0 Å². The average molecular weight is 197 g/mol. The first-order valence-electron chi connectivity index (χ1n) is 6.57. The predicted octanol–water partition coefficient (Wildman–Crippen LogP) is 3.59. The van der Waals surface area contributed by atoms with Crippen LogP contribution in [0.1, 0.15) is 58.8 Å². The molecule has 0 saturated heterocycles. The van der Waals surface area contributed by atoms with E-state index in [1.165, 1.54) is 58.0 Å². The summed E-state index contributed by atoms with van der Waals surface area (Å²) in [5.41, 5.74) is 0. The van der Waals surface area contributed by atoms with E-state index >= 15 is 0 Å². The van der Waals surface area contributed by atoms with Gasteiger partial charge in [0.15, 0.2) is 0 Å². The van der Waals surface area contributed by atoms with Crippen LogP contribution in [-0.4, -0.2) is 13.1 Å². The van der Waals surface area contributed by atoms with E-state index in [1.54, 1.807) is 0 Å². The van der Waals surface area contributed by atoms with Crippen LogP contribution in [0.2, 0.25) is 0 Å². The number of rotatable bonds is 9. The molecule has 1 atom stereocenters. The molecule has 0 aromatic carbocycles. The fourth-order valence-electron chi connectivity index (χ4n) is 2.13. The maximum absolute atomic E-state index is 3.48. The van der Waals surface area contributed by atoms with Crippen LogP contribution in [-0.2, 0) is 0 Å². The van der Waals surface area contributed by atoms with Crippen molar-refractivity contribution < 1.29 is 0 Å². The molecule has 1 N–H and O–H groups in total. The van der Waals surface area contributed by atoms with E-state index in [9.17, 15) is 0 Å². The third kappa shape index (κ3) is 5.64. The van der Waals surface area contributed by atoms with Crippen molar-refractivity contribution in [3.8, 4) is 0 Å². The van der Waals surface area contributed by atoms with Crippen LogP contribution in [0.15, 0.2) is 0 Å². The molecule has 0 heterocycles. The lowest BCUT2D eigenvalue weighted by Crippen LogP contribution is -2.16. The van der Waals surface area contributed by atoms with Gasteiger partial charge in [-0.3, -0.25) is 0 Å². The fraction of sp³-hybridized carbons (Fsp3) is 1.00. The summed E-state index contributed by atoms with van der Waals surface area (Å²) in [6.07, 6.45) is 10.0. The molecule has 1 fully saturated rings. The van der Waals surface area contributed by atoms with Gasteiger partial charge < -0.3 is 5.32 Å². The smallest absolute Gasteiger partial charge is 0.00488 e. The Kier molecular flexibility index (Phi) is 6.25. The van der Waals surface area contributed by atoms with Crippen molar-refractivity contribution in [1.82, 2.24) is 5.32 Å². The maximum atomic E-state index is 3.48. The monoisotopic (exact) mass is 197 g/mol. The molecule has 84 valence electrons. The first kappa shape index (κ1) is 12.0. The summed E-state index contributed by atoms with van der Waals surface area (Å²) < 4.78 is 0. The first-order chi connectivity index (χ1) is 6.86. The van der Waals surface area contributed by atoms with Crippen LogP contribution >= 0.6 is 0 Å². The zero-order valence-electron chi connectivity index (χ0n) is 10.0. The lowest BCUT2D eigenvalue weighted by molar-refractivity contribution is 0.397. The summed E-state index contributed by atoms with van der Waals surface area (Å²) in [7, 11) is 0.